The molecule has 0 unspecified atom stereocenters. The predicted molar refractivity (Wildman–Crippen MR) is 130 cm³/mol. The number of halogens is 2. The Morgan fingerprint density at radius 1 is 1.06 bits per heavy atom. The van der Waals surface area contributed by atoms with E-state index in [2.05, 4.69) is 19.9 Å². The number of nitrogens with zero attached hydrogens (tertiary/aromatic N) is 3. The summed E-state index contributed by atoms with van der Waals surface area (Å²) in [6.45, 7) is 0.576. The molecule has 5 aromatic rings. The fourth-order valence-corrected chi connectivity index (χ4v) is 5.20. The van der Waals surface area contributed by atoms with Crippen molar-refractivity contribution >= 4 is 67.4 Å². The van der Waals surface area contributed by atoms with Crippen LogP contribution in [0.2, 0.25) is 10.2 Å². The number of benzene rings is 2. The number of hydrogen-bond donors (Lipinski definition) is 2. The highest BCUT2D eigenvalue weighted by Crippen LogP contribution is 2.32. The third kappa shape index (κ3) is 3.90. The van der Waals surface area contributed by atoms with Crippen LogP contribution < -0.4 is 5.73 Å². The van der Waals surface area contributed by atoms with E-state index < -0.39 is 5.97 Å². The van der Waals surface area contributed by atoms with Gasteiger partial charge in [-0.3, -0.25) is 4.79 Å². The molecule has 0 aliphatic heterocycles. The molecule has 0 saturated heterocycles. The van der Waals surface area contributed by atoms with Crippen LogP contribution in [0.15, 0.2) is 54.0 Å². The maximum absolute atomic E-state index is 11.4. The van der Waals surface area contributed by atoms with Gasteiger partial charge in [0.25, 0.3) is 0 Å². The molecule has 0 spiro atoms. The van der Waals surface area contributed by atoms with Crippen LogP contribution in [-0.2, 0) is 17.8 Å². The van der Waals surface area contributed by atoms with Crippen molar-refractivity contribution in [3.05, 3.63) is 75.3 Å². The number of aliphatic carboxylic acids is 1. The third-order valence-electron chi connectivity index (χ3n) is 5.27. The summed E-state index contributed by atoms with van der Waals surface area (Å²) in [7, 11) is 0. The number of aromatic nitrogens is 3. The lowest BCUT2D eigenvalue weighted by Crippen LogP contribution is -2.00. The first-order valence-corrected chi connectivity index (χ1v) is 11.3. The van der Waals surface area contributed by atoms with Gasteiger partial charge in [0.05, 0.1) is 12.1 Å². The van der Waals surface area contributed by atoms with E-state index >= 15 is 0 Å². The van der Waals surface area contributed by atoms with Gasteiger partial charge in [0.2, 0.25) is 5.95 Å². The van der Waals surface area contributed by atoms with E-state index in [4.69, 9.17) is 28.9 Å². The molecule has 32 heavy (non-hydrogen) atoms. The zero-order valence-electron chi connectivity index (χ0n) is 16.5. The number of nitrogen functional groups attached to an aromatic ring is 1. The Bertz CT molecular complexity index is 1490. The van der Waals surface area contributed by atoms with Gasteiger partial charge in [0.1, 0.15) is 5.15 Å². The number of carbonyl (C=O) groups is 1. The summed E-state index contributed by atoms with van der Waals surface area (Å²) in [6, 6.07) is 13.3. The van der Waals surface area contributed by atoms with Crippen LogP contribution in [0.25, 0.3) is 32.2 Å². The Labute approximate surface area is 196 Å². The molecule has 5 rings (SSSR count). The number of carboxylic acid groups (broad SMARTS) is 1. The molecule has 0 fully saturated rings. The molecule has 0 atom stereocenters. The summed E-state index contributed by atoms with van der Waals surface area (Å²) in [5.74, 6) is -0.785. The SMILES string of the molecule is Nc1nc(Cl)cc(-c2ccc3c(CC(=O)O)cn(Cc4csc5ccc(Cl)cc45)c3c2)n1. The summed E-state index contributed by atoms with van der Waals surface area (Å²) < 4.78 is 3.21. The van der Waals surface area contributed by atoms with Crippen molar-refractivity contribution in [2.24, 2.45) is 0 Å². The van der Waals surface area contributed by atoms with E-state index in [0.717, 1.165) is 37.7 Å². The highest BCUT2D eigenvalue weighted by Gasteiger charge is 2.15. The van der Waals surface area contributed by atoms with Crippen molar-refractivity contribution in [2.75, 3.05) is 5.73 Å². The third-order valence-corrected chi connectivity index (χ3v) is 6.71. The first-order valence-electron chi connectivity index (χ1n) is 9.67. The van der Waals surface area contributed by atoms with E-state index in [0.29, 0.717) is 17.3 Å². The van der Waals surface area contributed by atoms with Gasteiger partial charge in [-0.15, -0.1) is 11.3 Å². The molecule has 160 valence electrons. The lowest BCUT2D eigenvalue weighted by Gasteiger charge is -2.08. The van der Waals surface area contributed by atoms with Crippen molar-refractivity contribution in [3.63, 3.8) is 0 Å². The van der Waals surface area contributed by atoms with Gasteiger partial charge in [0, 0.05) is 45.0 Å². The highest BCUT2D eigenvalue weighted by atomic mass is 35.5. The molecule has 0 aliphatic rings. The maximum atomic E-state index is 11.4. The van der Waals surface area contributed by atoms with E-state index in [1.54, 1.807) is 17.4 Å². The van der Waals surface area contributed by atoms with Crippen molar-refractivity contribution in [3.8, 4) is 11.3 Å². The Hall–Kier alpha value is -3.13. The number of hydrogen-bond acceptors (Lipinski definition) is 5. The molecule has 3 aromatic heterocycles. The van der Waals surface area contributed by atoms with E-state index in [-0.39, 0.29) is 17.5 Å². The average molecular weight is 483 g/mol. The van der Waals surface area contributed by atoms with E-state index in [1.807, 2.05) is 42.6 Å². The predicted octanol–water partition coefficient (Wildman–Crippen LogP) is 5.88. The zero-order valence-corrected chi connectivity index (χ0v) is 18.9. The second kappa shape index (κ2) is 8.09. The van der Waals surface area contributed by atoms with Crippen LogP contribution in [0, 0.1) is 0 Å². The van der Waals surface area contributed by atoms with Gasteiger partial charge in [-0.2, -0.15) is 0 Å². The molecule has 0 amide bonds. The average Bonchev–Trinajstić information content (AvgIpc) is 3.28. The lowest BCUT2D eigenvalue weighted by atomic mass is 10.1. The molecular formula is C23H16Cl2N4O2S. The second-order valence-corrected chi connectivity index (χ2v) is 9.16. The number of carboxylic acids is 1. The molecule has 0 saturated carbocycles. The van der Waals surface area contributed by atoms with Gasteiger partial charge in [-0.1, -0.05) is 35.3 Å². The monoisotopic (exact) mass is 482 g/mol. The van der Waals surface area contributed by atoms with Crippen LogP contribution in [0.5, 0.6) is 0 Å². The maximum Gasteiger partial charge on any atom is 0.307 e. The van der Waals surface area contributed by atoms with Crippen LogP contribution in [0.3, 0.4) is 0 Å². The topological polar surface area (TPSA) is 94.0 Å². The number of nitrogens with two attached hydrogens (primary N) is 1. The molecule has 0 radical (unpaired) electrons. The van der Waals surface area contributed by atoms with Gasteiger partial charge >= 0.3 is 5.97 Å². The van der Waals surface area contributed by atoms with Crippen molar-refractivity contribution in [2.45, 2.75) is 13.0 Å². The van der Waals surface area contributed by atoms with Crippen molar-refractivity contribution in [1.29, 1.82) is 0 Å². The molecule has 3 N–H and O–H groups in total. The molecular weight excluding hydrogens is 467 g/mol. The first-order chi connectivity index (χ1) is 15.4. The Morgan fingerprint density at radius 3 is 2.69 bits per heavy atom. The normalized spacial score (nSPS) is 11.4. The molecule has 3 heterocycles. The fourth-order valence-electron chi connectivity index (χ4n) is 3.91. The molecule has 2 aromatic carbocycles. The van der Waals surface area contributed by atoms with E-state index in [9.17, 15) is 9.90 Å². The summed E-state index contributed by atoms with van der Waals surface area (Å²) >= 11 is 13.9. The van der Waals surface area contributed by atoms with Crippen LogP contribution in [-0.4, -0.2) is 25.6 Å². The fraction of sp³-hybridized carbons (Fsp3) is 0.0870. The number of anilines is 1. The van der Waals surface area contributed by atoms with Crippen molar-refractivity contribution < 1.29 is 9.90 Å². The number of rotatable bonds is 5. The summed E-state index contributed by atoms with van der Waals surface area (Å²) in [5, 5.41) is 14.4. The zero-order chi connectivity index (χ0) is 22.4. The van der Waals surface area contributed by atoms with Gasteiger partial charge in [-0.05, 0) is 46.2 Å². The molecule has 0 bridgehead atoms. The summed E-state index contributed by atoms with van der Waals surface area (Å²) in [6.07, 6.45) is 1.84. The first kappa shape index (κ1) is 20.8. The summed E-state index contributed by atoms with van der Waals surface area (Å²) in [5.41, 5.74) is 9.94. The standard InChI is InChI=1S/C23H16Cl2N4O2S/c24-15-2-4-20-17(7-15)14(11-32-20)10-29-9-13(6-22(30)31)16-3-1-12(5-19(16)29)18-8-21(25)28-23(26)27-18/h1-5,7-9,11H,6,10H2,(H,30,31)(H2,26,27,28). The Kier molecular flexibility index (Phi) is 5.25. The Balaban J connectivity index is 1.66. The molecule has 6 nitrogen and oxygen atoms in total. The quantitative estimate of drug-likeness (QED) is 0.305. The number of fused-ring (bicyclic) bond motifs is 2. The minimum Gasteiger partial charge on any atom is -0.481 e. The van der Waals surface area contributed by atoms with E-state index in [1.165, 1.54) is 0 Å². The van der Waals surface area contributed by atoms with Crippen LogP contribution >= 0.6 is 34.5 Å². The largest absolute Gasteiger partial charge is 0.481 e. The minimum absolute atomic E-state index is 0.0641. The van der Waals surface area contributed by atoms with Gasteiger partial charge < -0.3 is 15.4 Å². The number of thiophene rings is 1. The Morgan fingerprint density at radius 2 is 1.91 bits per heavy atom. The smallest absolute Gasteiger partial charge is 0.307 e. The summed E-state index contributed by atoms with van der Waals surface area (Å²) in [4.78, 5) is 19.6. The van der Waals surface area contributed by atoms with Crippen molar-refractivity contribution in [1.82, 2.24) is 14.5 Å². The minimum atomic E-state index is -0.878. The molecule has 0 aliphatic carbocycles. The second-order valence-electron chi connectivity index (χ2n) is 7.42. The van der Waals surface area contributed by atoms with Crippen LogP contribution in [0.4, 0.5) is 5.95 Å². The highest BCUT2D eigenvalue weighted by molar-refractivity contribution is 7.17. The van der Waals surface area contributed by atoms with Crippen LogP contribution in [0.1, 0.15) is 11.1 Å². The van der Waals surface area contributed by atoms with Gasteiger partial charge in [0.15, 0.2) is 0 Å². The molecule has 9 heteroatoms. The van der Waals surface area contributed by atoms with Gasteiger partial charge in [-0.25, -0.2) is 9.97 Å². The lowest BCUT2D eigenvalue weighted by molar-refractivity contribution is -0.136.